The summed E-state index contributed by atoms with van der Waals surface area (Å²) >= 11 is 0. The zero-order valence-electron chi connectivity index (χ0n) is 15.9. The number of ether oxygens (including phenoxy) is 2. The molecule has 2 heterocycles. The molecule has 1 N–H and O–H groups in total. The van der Waals surface area contributed by atoms with Crippen LogP contribution < -0.4 is 10.1 Å². The minimum atomic E-state index is -0.219. The predicted octanol–water partition coefficient (Wildman–Crippen LogP) is 1.74. The van der Waals surface area contributed by atoms with Crippen molar-refractivity contribution < 1.29 is 14.3 Å². The summed E-state index contributed by atoms with van der Waals surface area (Å²) < 4.78 is 11.6. The molecule has 1 aromatic carbocycles. The number of aromatic nitrogens is 1. The van der Waals surface area contributed by atoms with E-state index in [-0.39, 0.29) is 24.6 Å². The number of nitrogens with one attached hydrogen (secondary N) is 1. The maximum Gasteiger partial charge on any atom is 0.234 e. The molecule has 1 fully saturated rings. The molecule has 3 rings (SSSR count). The molecule has 0 spiro atoms. The van der Waals surface area contributed by atoms with E-state index < -0.39 is 0 Å². The third kappa shape index (κ3) is 5.78. The van der Waals surface area contributed by atoms with Crippen molar-refractivity contribution in [2.24, 2.45) is 0 Å². The van der Waals surface area contributed by atoms with Crippen LogP contribution in [0.5, 0.6) is 5.75 Å². The Bertz CT molecular complexity index is 805. The molecular weight excluding hydrogens is 356 g/mol. The molecule has 1 aliphatic heterocycles. The molecule has 2 atom stereocenters. The van der Waals surface area contributed by atoms with E-state index in [1.54, 1.807) is 36.7 Å². The number of carbonyl (C=O) groups is 1. The van der Waals surface area contributed by atoms with Crippen LogP contribution in [0.15, 0.2) is 48.8 Å². The van der Waals surface area contributed by atoms with Crippen molar-refractivity contribution in [1.29, 1.82) is 5.26 Å². The Balaban J connectivity index is 1.53. The van der Waals surface area contributed by atoms with E-state index in [1.807, 2.05) is 24.1 Å². The van der Waals surface area contributed by atoms with Gasteiger partial charge in [-0.3, -0.25) is 14.7 Å². The fourth-order valence-corrected chi connectivity index (χ4v) is 3.13. The van der Waals surface area contributed by atoms with Crippen LogP contribution in [0.1, 0.15) is 17.5 Å². The molecule has 1 aliphatic rings. The largest absolute Gasteiger partial charge is 0.488 e. The van der Waals surface area contributed by atoms with Gasteiger partial charge in [0, 0.05) is 25.4 Å². The van der Waals surface area contributed by atoms with Crippen molar-refractivity contribution in [3.63, 3.8) is 0 Å². The van der Waals surface area contributed by atoms with Crippen molar-refractivity contribution in [2.75, 3.05) is 26.8 Å². The first kappa shape index (κ1) is 19.8. The average Bonchev–Trinajstić information content (AvgIpc) is 2.70. The minimum absolute atomic E-state index is 0.0738. The summed E-state index contributed by atoms with van der Waals surface area (Å²) in [6, 6.07) is 12.7. The first-order chi connectivity index (χ1) is 13.6. The van der Waals surface area contributed by atoms with Crippen molar-refractivity contribution in [1.82, 2.24) is 15.2 Å². The zero-order chi connectivity index (χ0) is 19.8. The van der Waals surface area contributed by atoms with Gasteiger partial charge in [-0.1, -0.05) is 6.07 Å². The van der Waals surface area contributed by atoms with Crippen molar-refractivity contribution in [3.8, 4) is 11.8 Å². The van der Waals surface area contributed by atoms with Gasteiger partial charge in [0.2, 0.25) is 5.91 Å². The average molecular weight is 380 g/mol. The topological polar surface area (TPSA) is 87.5 Å². The number of likely N-dealkylation sites (N-methyl/N-ethyl adjacent to an activating group) is 1. The van der Waals surface area contributed by atoms with Gasteiger partial charge in [-0.2, -0.15) is 5.26 Å². The number of benzene rings is 1. The van der Waals surface area contributed by atoms with Crippen LogP contribution in [0.4, 0.5) is 0 Å². The van der Waals surface area contributed by atoms with Gasteiger partial charge in [0.25, 0.3) is 0 Å². The molecule has 28 heavy (non-hydrogen) atoms. The highest BCUT2D eigenvalue weighted by Gasteiger charge is 2.29. The van der Waals surface area contributed by atoms with Crippen LogP contribution in [-0.4, -0.2) is 54.7 Å². The number of nitrogens with zero attached hydrogens (tertiary/aromatic N) is 3. The SMILES string of the molecule is CN(CC(=O)N[C@@H]1COCC[C@H]1Oc1ccc(C#N)cc1)Cc1cccnc1. The number of carbonyl (C=O) groups excluding carboxylic acids is 1. The van der Waals surface area contributed by atoms with Crippen LogP contribution >= 0.6 is 0 Å². The molecule has 2 aromatic rings. The van der Waals surface area contributed by atoms with Crippen molar-refractivity contribution in [2.45, 2.75) is 25.1 Å². The summed E-state index contributed by atoms with van der Waals surface area (Å²) in [7, 11) is 1.90. The third-order valence-electron chi connectivity index (χ3n) is 4.50. The van der Waals surface area contributed by atoms with Crippen LogP contribution in [0.25, 0.3) is 0 Å². The fourth-order valence-electron chi connectivity index (χ4n) is 3.13. The highest BCUT2D eigenvalue weighted by molar-refractivity contribution is 5.78. The maximum absolute atomic E-state index is 12.5. The summed E-state index contributed by atoms with van der Waals surface area (Å²) in [5.41, 5.74) is 1.64. The number of hydrogen-bond donors (Lipinski definition) is 1. The Labute approximate surface area is 164 Å². The van der Waals surface area contributed by atoms with Gasteiger partial charge in [0.1, 0.15) is 11.9 Å². The molecule has 146 valence electrons. The molecule has 1 aromatic heterocycles. The molecule has 1 saturated heterocycles. The first-order valence-corrected chi connectivity index (χ1v) is 9.25. The minimum Gasteiger partial charge on any atom is -0.488 e. The van der Waals surface area contributed by atoms with Gasteiger partial charge in [-0.15, -0.1) is 0 Å². The molecule has 7 nitrogen and oxygen atoms in total. The molecule has 0 aliphatic carbocycles. The Hall–Kier alpha value is -2.95. The van der Waals surface area contributed by atoms with E-state index in [0.717, 1.165) is 5.56 Å². The number of amides is 1. The number of nitriles is 1. The van der Waals surface area contributed by atoms with E-state index in [2.05, 4.69) is 16.4 Å². The Morgan fingerprint density at radius 1 is 1.39 bits per heavy atom. The van der Waals surface area contributed by atoms with Gasteiger partial charge in [-0.05, 0) is 42.9 Å². The smallest absolute Gasteiger partial charge is 0.234 e. The van der Waals surface area contributed by atoms with E-state index in [4.69, 9.17) is 14.7 Å². The molecular formula is C21H24N4O3. The Morgan fingerprint density at radius 2 is 2.21 bits per heavy atom. The number of rotatable bonds is 7. The first-order valence-electron chi connectivity index (χ1n) is 9.25. The second-order valence-corrected chi connectivity index (χ2v) is 6.86. The highest BCUT2D eigenvalue weighted by atomic mass is 16.5. The summed E-state index contributed by atoms with van der Waals surface area (Å²) in [5.74, 6) is 0.606. The molecule has 0 saturated carbocycles. The number of hydrogen-bond acceptors (Lipinski definition) is 6. The predicted molar refractivity (Wildman–Crippen MR) is 104 cm³/mol. The van der Waals surface area contributed by atoms with E-state index in [9.17, 15) is 4.79 Å². The fraction of sp³-hybridized carbons (Fsp3) is 0.381. The monoisotopic (exact) mass is 380 g/mol. The van der Waals surface area contributed by atoms with Crippen LogP contribution in [0, 0.1) is 11.3 Å². The van der Waals surface area contributed by atoms with Crippen LogP contribution in [-0.2, 0) is 16.1 Å². The van der Waals surface area contributed by atoms with Crippen molar-refractivity contribution >= 4 is 5.91 Å². The second-order valence-electron chi connectivity index (χ2n) is 6.86. The molecule has 1 amide bonds. The van der Waals surface area contributed by atoms with E-state index in [1.165, 1.54) is 0 Å². The summed E-state index contributed by atoms with van der Waals surface area (Å²) in [6.45, 7) is 1.93. The Kier molecular flexibility index (Phi) is 6.95. The standard InChI is InChI=1S/C21H24N4O3/c1-25(13-17-3-2-9-23-12-17)14-21(26)24-19-15-27-10-8-20(19)28-18-6-4-16(11-22)5-7-18/h2-7,9,12,19-20H,8,10,13-15H2,1H3,(H,24,26)/t19-,20-/m1/s1. The lowest BCUT2D eigenvalue weighted by molar-refractivity contribution is -0.125. The van der Waals surface area contributed by atoms with E-state index >= 15 is 0 Å². The van der Waals surface area contributed by atoms with Gasteiger partial charge in [0.05, 0.1) is 37.4 Å². The molecule has 0 bridgehead atoms. The van der Waals surface area contributed by atoms with E-state index in [0.29, 0.717) is 37.5 Å². The summed E-state index contributed by atoms with van der Waals surface area (Å²) in [6.07, 6.45) is 4.04. The van der Waals surface area contributed by atoms with Crippen molar-refractivity contribution in [3.05, 3.63) is 59.9 Å². The summed E-state index contributed by atoms with van der Waals surface area (Å²) in [5, 5.41) is 11.9. The Morgan fingerprint density at radius 3 is 2.93 bits per heavy atom. The number of pyridine rings is 1. The van der Waals surface area contributed by atoms with Gasteiger partial charge in [-0.25, -0.2) is 0 Å². The van der Waals surface area contributed by atoms with Gasteiger partial charge < -0.3 is 14.8 Å². The third-order valence-corrected chi connectivity index (χ3v) is 4.50. The second kappa shape index (κ2) is 9.83. The normalized spacial score (nSPS) is 19.0. The van der Waals surface area contributed by atoms with Gasteiger partial charge in [0.15, 0.2) is 0 Å². The molecule has 0 unspecified atom stereocenters. The quantitative estimate of drug-likeness (QED) is 0.787. The lowest BCUT2D eigenvalue weighted by atomic mass is 10.1. The van der Waals surface area contributed by atoms with Crippen LogP contribution in [0.3, 0.4) is 0 Å². The zero-order valence-corrected chi connectivity index (χ0v) is 15.9. The molecule has 0 radical (unpaired) electrons. The lowest BCUT2D eigenvalue weighted by Crippen LogP contribution is -2.53. The highest BCUT2D eigenvalue weighted by Crippen LogP contribution is 2.19. The molecule has 7 heteroatoms. The van der Waals surface area contributed by atoms with Gasteiger partial charge >= 0.3 is 0 Å². The maximum atomic E-state index is 12.5. The summed E-state index contributed by atoms with van der Waals surface area (Å²) in [4.78, 5) is 18.5. The van der Waals surface area contributed by atoms with Crippen LogP contribution in [0.2, 0.25) is 0 Å². The lowest BCUT2D eigenvalue weighted by Gasteiger charge is -2.32.